The SMILES string of the molecule is CC(C)COCCNc1nsnc1Cl. The van der Waals surface area contributed by atoms with Crippen LogP contribution in [0.1, 0.15) is 13.8 Å². The number of nitrogens with one attached hydrogen (secondary N) is 1. The molecule has 0 amide bonds. The summed E-state index contributed by atoms with van der Waals surface area (Å²) in [6.45, 7) is 6.39. The predicted molar refractivity (Wildman–Crippen MR) is 59.1 cm³/mol. The minimum Gasteiger partial charge on any atom is -0.379 e. The zero-order valence-electron chi connectivity index (χ0n) is 8.29. The predicted octanol–water partition coefficient (Wildman–Crippen LogP) is 2.28. The Morgan fingerprint density at radius 1 is 1.50 bits per heavy atom. The van der Waals surface area contributed by atoms with Gasteiger partial charge in [0.05, 0.1) is 18.3 Å². The second-order valence-electron chi connectivity index (χ2n) is 3.30. The number of hydrogen-bond donors (Lipinski definition) is 1. The fourth-order valence-electron chi connectivity index (χ4n) is 0.844. The highest BCUT2D eigenvalue weighted by Crippen LogP contribution is 2.16. The van der Waals surface area contributed by atoms with Crippen molar-refractivity contribution in [1.29, 1.82) is 0 Å². The highest BCUT2D eigenvalue weighted by molar-refractivity contribution is 6.99. The molecule has 0 atom stereocenters. The lowest BCUT2D eigenvalue weighted by Gasteiger charge is -2.06. The molecule has 1 aromatic heterocycles. The van der Waals surface area contributed by atoms with Crippen molar-refractivity contribution in [1.82, 2.24) is 8.75 Å². The molecule has 0 fully saturated rings. The lowest BCUT2D eigenvalue weighted by atomic mass is 10.2. The van der Waals surface area contributed by atoms with Crippen LogP contribution in [0.4, 0.5) is 5.82 Å². The Bertz CT molecular complexity index is 267. The summed E-state index contributed by atoms with van der Waals surface area (Å²) in [4.78, 5) is 0. The molecule has 0 aromatic carbocycles. The lowest BCUT2D eigenvalue weighted by Crippen LogP contribution is -2.12. The van der Waals surface area contributed by atoms with E-state index in [-0.39, 0.29) is 0 Å². The van der Waals surface area contributed by atoms with E-state index in [0.29, 0.717) is 30.0 Å². The van der Waals surface area contributed by atoms with Crippen LogP contribution < -0.4 is 5.32 Å². The van der Waals surface area contributed by atoms with Crippen LogP contribution in [-0.2, 0) is 4.74 Å². The summed E-state index contributed by atoms with van der Waals surface area (Å²) in [5.74, 6) is 1.21. The van der Waals surface area contributed by atoms with Crippen LogP contribution in [0, 0.1) is 5.92 Å². The highest BCUT2D eigenvalue weighted by Gasteiger charge is 2.03. The average molecular weight is 236 g/mol. The van der Waals surface area contributed by atoms with Gasteiger partial charge in [-0.15, -0.1) is 0 Å². The molecule has 1 aromatic rings. The molecule has 1 heterocycles. The Morgan fingerprint density at radius 2 is 2.29 bits per heavy atom. The summed E-state index contributed by atoms with van der Waals surface area (Å²) >= 11 is 6.84. The van der Waals surface area contributed by atoms with Crippen molar-refractivity contribution in [2.45, 2.75) is 13.8 Å². The van der Waals surface area contributed by atoms with E-state index in [1.165, 1.54) is 0 Å². The van der Waals surface area contributed by atoms with Crippen molar-refractivity contribution in [2.75, 3.05) is 25.1 Å². The largest absolute Gasteiger partial charge is 0.379 e. The van der Waals surface area contributed by atoms with E-state index in [4.69, 9.17) is 16.3 Å². The first-order chi connectivity index (χ1) is 6.70. The van der Waals surface area contributed by atoms with Gasteiger partial charge in [-0.3, -0.25) is 0 Å². The summed E-state index contributed by atoms with van der Waals surface area (Å²) in [5.41, 5.74) is 0. The molecular formula is C8H14ClN3OS. The minimum atomic E-state index is 0.429. The third-order valence-corrected chi connectivity index (χ3v) is 2.33. The molecule has 0 bridgehead atoms. The molecule has 0 unspecified atom stereocenters. The van der Waals surface area contributed by atoms with Gasteiger partial charge in [0.25, 0.3) is 0 Å². The van der Waals surface area contributed by atoms with Crippen LogP contribution in [0.5, 0.6) is 0 Å². The smallest absolute Gasteiger partial charge is 0.186 e. The normalized spacial score (nSPS) is 10.9. The maximum Gasteiger partial charge on any atom is 0.186 e. The van der Waals surface area contributed by atoms with Crippen LogP contribution in [-0.4, -0.2) is 28.5 Å². The molecule has 4 nitrogen and oxygen atoms in total. The van der Waals surface area contributed by atoms with Gasteiger partial charge < -0.3 is 10.1 Å². The van der Waals surface area contributed by atoms with Crippen molar-refractivity contribution >= 4 is 29.1 Å². The molecule has 14 heavy (non-hydrogen) atoms. The van der Waals surface area contributed by atoms with E-state index in [1.54, 1.807) is 0 Å². The summed E-state index contributed by atoms with van der Waals surface area (Å²) < 4.78 is 13.2. The molecule has 6 heteroatoms. The van der Waals surface area contributed by atoms with Gasteiger partial charge in [-0.1, -0.05) is 25.4 Å². The topological polar surface area (TPSA) is 47.0 Å². The van der Waals surface area contributed by atoms with Crippen molar-refractivity contribution in [2.24, 2.45) is 5.92 Å². The highest BCUT2D eigenvalue weighted by atomic mass is 35.5. The standard InChI is InChI=1S/C8H14ClN3OS/c1-6(2)5-13-4-3-10-8-7(9)11-14-12-8/h6H,3-5H2,1-2H3,(H,10,12). The first-order valence-corrected chi connectivity index (χ1v) is 5.60. The van der Waals surface area contributed by atoms with Gasteiger partial charge in [-0.25, -0.2) is 0 Å². The quantitative estimate of drug-likeness (QED) is 0.769. The number of anilines is 1. The van der Waals surface area contributed by atoms with E-state index < -0.39 is 0 Å². The van der Waals surface area contributed by atoms with Gasteiger partial charge in [-0.2, -0.15) is 8.75 Å². The summed E-state index contributed by atoms with van der Waals surface area (Å²) in [6, 6.07) is 0. The van der Waals surface area contributed by atoms with E-state index in [0.717, 1.165) is 18.3 Å². The zero-order chi connectivity index (χ0) is 10.4. The minimum absolute atomic E-state index is 0.429. The lowest BCUT2D eigenvalue weighted by molar-refractivity contribution is 0.118. The molecule has 0 aliphatic carbocycles. The van der Waals surface area contributed by atoms with Gasteiger partial charge >= 0.3 is 0 Å². The van der Waals surface area contributed by atoms with Crippen molar-refractivity contribution in [3.05, 3.63) is 5.15 Å². The Hall–Kier alpha value is -0.390. The second-order valence-corrected chi connectivity index (χ2v) is 4.19. The molecule has 80 valence electrons. The van der Waals surface area contributed by atoms with Gasteiger partial charge in [0.1, 0.15) is 0 Å². The number of ether oxygens (including phenoxy) is 1. The third kappa shape index (κ3) is 4.21. The van der Waals surface area contributed by atoms with E-state index in [9.17, 15) is 0 Å². The zero-order valence-corrected chi connectivity index (χ0v) is 9.86. The first kappa shape index (κ1) is 11.7. The maximum atomic E-state index is 5.74. The van der Waals surface area contributed by atoms with E-state index in [2.05, 4.69) is 27.9 Å². The van der Waals surface area contributed by atoms with Crippen molar-refractivity contribution in [3.63, 3.8) is 0 Å². The number of nitrogens with zero attached hydrogens (tertiary/aromatic N) is 2. The van der Waals surface area contributed by atoms with Gasteiger partial charge in [-0.05, 0) is 5.92 Å². The number of hydrogen-bond acceptors (Lipinski definition) is 5. The van der Waals surface area contributed by atoms with Crippen LogP contribution in [0.3, 0.4) is 0 Å². The van der Waals surface area contributed by atoms with E-state index in [1.807, 2.05) is 0 Å². The van der Waals surface area contributed by atoms with Gasteiger partial charge in [0.2, 0.25) is 0 Å². The number of aromatic nitrogens is 2. The second kappa shape index (κ2) is 6.16. The Labute approximate surface area is 92.9 Å². The van der Waals surface area contributed by atoms with E-state index >= 15 is 0 Å². The molecule has 1 N–H and O–H groups in total. The maximum absolute atomic E-state index is 5.74. The summed E-state index contributed by atoms with van der Waals surface area (Å²) in [7, 11) is 0. The molecule has 1 rings (SSSR count). The summed E-state index contributed by atoms with van der Waals surface area (Å²) in [5, 5.41) is 3.48. The number of rotatable bonds is 6. The molecule has 0 saturated heterocycles. The van der Waals surface area contributed by atoms with Crippen LogP contribution in [0.15, 0.2) is 0 Å². The Balaban J connectivity index is 2.08. The Kier molecular flexibility index (Phi) is 5.14. The Morgan fingerprint density at radius 3 is 2.86 bits per heavy atom. The number of halogens is 1. The van der Waals surface area contributed by atoms with Crippen molar-refractivity contribution < 1.29 is 4.74 Å². The van der Waals surface area contributed by atoms with Gasteiger partial charge in [0.15, 0.2) is 11.0 Å². The van der Waals surface area contributed by atoms with Crippen LogP contribution in [0.2, 0.25) is 5.15 Å². The molecule has 0 aliphatic heterocycles. The van der Waals surface area contributed by atoms with Crippen LogP contribution in [0.25, 0.3) is 0 Å². The molecule has 0 saturated carbocycles. The monoisotopic (exact) mass is 235 g/mol. The summed E-state index contributed by atoms with van der Waals surface area (Å²) in [6.07, 6.45) is 0. The fraction of sp³-hybridized carbons (Fsp3) is 0.750. The average Bonchev–Trinajstić information content (AvgIpc) is 2.51. The molecule has 0 radical (unpaired) electrons. The molecule has 0 aliphatic rings. The van der Waals surface area contributed by atoms with Crippen molar-refractivity contribution in [3.8, 4) is 0 Å². The third-order valence-electron chi connectivity index (χ3n) is 1.44. The first-order valence-electron chi connectivity index (χ1n) is 4.50. The van der Waals surface area contributed by atoms with Crippen LogP contribution >= 0.6 is 23.3 Å². The molecule has 0 spiro atoms. The van der Waals surface area contributed by atoms with Gasteiger partial charge in [0, 0.05) is 13.2 Å². The fourth-order valence-corrected chi connectivity index (χ4v) is 1.53. The molecular weight excluding hydrogens is 222 g/mol.